The molecular weight excluding hydrogens is 344 g/mol. The van der Waals surface area contributed by atoms with E-state index >= 15 is 0 Å². The van der Waals surface area contributed by atoms with Crippen molar-refractivity contribution in [2.45, 2.75) is 25.7 Å². The van der Waals surface area contributed by atoms with Gasteiger partial charge in [0.15, 0.2) is 0 Å². The number of piperidine rings is 1. The van der Waals surface area contributed by atoms with Crippen molar-refractivity contribution < 1.29 is 22.7 Å². The van der Waals surface area contributed by atoms with Crippen LogP contribution in [0.5, 0.6) is 5.75 Å². The molecule has 0 N–H and O–H groups in total. The van der Waals surface area contributed by atoms with E-state index in [1.165, 1.54) is 10.6 Å². The van der Waals surface area contributed by atoms with Gasteiger partial charge in [-0.05, 0) is 43.5 Å². The Bertz CT molecular complexity index is 752. The number of nitrogens with zero attached hydrogens (tertiary/aromatic N) is 2. The molecule has 2 aliphatic heterocycles. The highest BCUT2D eigenvalue weighted by molar-refractivity contribution is 7.88. The molecule has 0 bridgehead atoms. The Morgan fingerprint density at radius 2 is 1.76 bits per heavy atom. The molecule has 2 fully saturated rings. The lowest BCUT2D eigenvalue weighted by Crippen LogP contribution is -2.40. The summed E-state index contributed by atoms with van der Waals surface area (Å²) >= 11 is 0. The molecule has 0 saturated carbocycles. The number of ether oxygens (including phenoxy) is 1. The minimum absolute atomic E-state index is 0.113. The number of hydrogen-bond donors (Lipinski definition) is 0. The van der Waals surface area contributed by atoms with Crippen LogP contribution in [0.2, 0.25) is 0 Å². The number of hydrogen-bond acceptors (Lipinski definition) is 5. The molecule has 3 rings (SSSR count). The van der Waals surface area contributed by atoms with Gasteiger partial charge in [0.05, 0.1) is 12.2 Å². The zero-order valence-corrected chi connectivity index (χ0v) is 15.0. The second-order valence-electron chi connectivity index (χ2n) is 6.50. The molecule has 0 spiro atoms. The summed E-state index contributed by atoms with van der Waals surface area (Å²) in [6.07, 6.45) is 3.54. The summed E-state index contributed by atoms with van der Waals surface area (Å²) in [5.74, 6) is -0.0793. The van der Waals surface area contributed by atoms with E-state index in [0.29, 0.717) is 38.1 Å². The van der Waals surface area contributed by atoms with Crippen LogP contribution in [0.15, 0.2) is 24.3 Å². The highest BCUT2D eigenvalue weighted by atomic mass is 32.2. The second kappa shape index (κ2) is 7.13. The van der Waals surface area contributed by atoms with Crippen LogP contribution in [-0.4, -0.2) is 50.5 Å². The quantitative estimate of drug-likeness (QED) is 0.594. The van der Waals surface area contributed by atoms with Crippen LogP contribution in [0.25, 0.3) is 0 Å². The predicted molar refractivity (Wildman–Crippen MR) is 92.8 cm³/mol. The highest BCUT2D eigenvalue weighted by Gasteiger charge is 2.30. The van der Waals surface area contributed by atoms with E-state index in [1.807, 2.05) is 0 Å². The third-order valence-electron chi connectivity index (χ3n) is 4.70. The topological polar surface area (TPSA) is 84.0 Å². The number of rotatable bonds is 4. The van der Waals surface area contributed by atoms with Gasteiger partial charge in [-0.2, -0.15) is 0 Å². The number of benzene rings is 1. The first-order valence-corrected chi connectivity index (χ1v) is 10.3. The Morgan fingerprint density at radius 3 is 2.28 bits per heavy atom. The van der Waals surface area contributed by atoms with Crippen LogP contribution in [0, 0.1) is 5.92 Å². The number of carbonyl (C=O) groups is 2. The maximum atomic E-state index is 12.3. The van der Waals surface area contributed by atoms with Crippen molar-refractivity contribution in [1.29, 1.82) is 0 Å². The molecule has 0 aliphatic carbocycles. The van der Waals surface area contributed by atoms with Crippen LogP contribution in [0.1, 0.15) is 25.7 Å². The zero-order chi connectivity index (χ0) is 18.0. The van der Waals surface area contributed by atoms with Gasteiger partial charge in [-0.15, -0.1) is 0 Å². The Labute approximate surface area is 147 Å². The van der Waals surface area contributed by atoms with Crippen LogP contribution >= 0.6 is 0 Å². The molecule has 2 aliphatic rings. The van der Waals surface area contributed by atoms with E-state index in [4.69, 9.17) is 4.74 Å². The molecule has 1 amide bonds. The maximum absolute atomic E-state index is 12.3. The van der Waals surface area contributed by atoms with Gasteiger partial charge in [0.2, 0.25) is 15.9 Å². The van der Waals surface area contributed by atoms with Crippen LogP contribution in [0.4, 0.5) is 5.69 Å². The molecule has 0 radical (unpaired) electrons. The van der Waals surface area contributed by atoms with E-state index < -0.39 is 10.0 Å². The Hall–Kier alpha value is -1.93. The molecule has 7 nitrogen and oxygen atoms in total. The summed E-state index contributed by atoms with van der Waals surface area (Å²) in [5.41, 5.74) is 0.809. The summed E-state index contributed by atoms with van der Waals surface area (Å²) in [5, 5.41) is 0. The Kier molecular flexibility index (Phi) is 5.10. The second-order valence-corrected chi connectivity index (χ2v) is 8.48. The van der Waals surface area contributed by atoms with Crippen LogP contribution < -0.4 is 9.64 Å². The fourth-order valence-electron chi connectivity index (χ4n) is 3.24. The normalized spacial score (nSPS) is 20.0. The summed E-state index contributed by atoms with van der Waals surface area (Å²) in [6, 6.07) is 6.92. The smallest absolute Gasteiger partial charge is 0.314 e. The third kappa shape index (κ3) is 4.19. The largest absolute Gasteiger partial charge is 0.426 e. The Balaban J connectivity index is 1.56. The zero-order valence-electron chi connectivity index (χ0n) is 14.2. The van der Waals surface area contributed by atoms with Gasteiger partial charge in [0.25, 0.3) is 0 Å². The monoisotopic (exact) mass is 366 g/mol. The van der Waals surface area contributed by atoms with Gasteiger partial charge in [-0.1, -0.05) is 0 Å². The first kappa shape index (κ1) is 17.9. The van der Waals surface area contributed by atoms with E-state index in [9.17, 15) is 18.0 Å². The fraction of sp³-hybridized carbons (Fsp3) is 0.529. The molecular formula is C17H22N2O5S. The molecule has 0 unspecified atom stereocenters. The first-order valence-electron chi connectivity index (χ1n) is 8.42. The standard InChI is InChI=1S/C17H22N2O5S/c1-25(22,23)18-11-8-13(9-12-18)17(21)24-15-6-4-14(5-7-15)19-10-2-3-16(19)20/h4-7,13H,2-3,8-12H2,1H3. The Morgan fingerprint density at radius 1 is 1.12 bits per heavy atom. The minimum atomic E-state index is -3.20. The molecule has 0 atom stereocenters. The molecule has 1 aromatic rings. The number of amides is 1. The first-order chi connectivity index (χ1) is 11.8. The van der Waals surface area contributed by atoms with Crippen molar-refractivity contribution in [2.75, 3.05) is 30.8 Å². The van der Waals surface area contributed by atoms with Crippen LogP contribution in [0.3, 0.4) is 0 Å². The molecule has 2 heterocycles. The average molecular weight is 366 g/mol. The van der Waals surface area contributed by atoms with Crippen LogP contribution in [-0.2, 0) is 19.6 Å². The summed E-state index contributed by atoms with van der Waals surface area (Å²) in [6.45, 7) is 1.40. The molecule has 25 heavy (non-hydrogen) atoms. The summed E-state index contributed by atoms with van der Waals surface area (Å²) < 4.78 is 29.8. The average Bonchev–Trinajstić information content (AvgIpc) is 3.01. The minimum Gasteiger partial charge on any atom is -0.426 e. The van der Waals surface area contributed by atoms with Crippen molar-refractivity contribution in [3.8, 4) is 5.75 Å². The van der Waals surface area contributed by atoms with Crippen molar-refractivity contribution >= 4 is 27.6 Å². The van der Waals surface area contributed by atoms with Crippen molar-refractivity contribution in [1.82, 2.24) is 4.31 Å². The lowest BCUT2D eigenvalue weighted by atomic mass is 9.98. The van der Waals surface area contributed by atoms with Gasteiger partial charge >= 0.3 is 5.97 Å². The van der Waals surface area contributed by atoms with Gasteiger partial charge in [-0.3, -0.25) is 9.59 Å². The number of esters is 1. The lowest BCUT2D eigenvalue weighted by molar-refractivity contribution is -0.140. The van der Waals surface area contributed by atoms with E-state index in [2.05, 4.69) is 0 Å². The van der Waals surface area contributed by atoms with Crippen molar-refractivity contribution in [3.63, 3.8) is 0 Å². The fourth-order valence-corrected chi connectivity index (χ4v) is 4.11. The van der Waals surface area contributed by atoms with Gasteiger partial charge in [0, 0.05) is 31.7 Å². The number of sulfonamides is 1. The van der Waals surface area contributed by atoms with Gasteiger partial charge < -0.3 is 9.64 Å². The van der Waals surface area contributed by atoms with E-state index in [1.54, 1.807) is 29.2 Å². The van der Waals surface area contributed by atoms with Crippen molar-refractivity contribution in [3.05, 3.63) is 24.3 Å². The summed E-state index contributed by atoms with van der Waals surface area (Å²) in [4.78, 5) is 25.7. The predicted octanol–water partition coefficient (Wildman–Crippen LogP) is 1.39. The summed E-state index contributed by atoms with van der Waals surface area (Å²) in [7, 11) is -3.20. The number of anilines is 1. The van der Waals surface area contributed by atoms with Gasteiger partial charge in [0.1, 0.15) is 5.75 Å². The highest BCUT2D eigenvalue weighted by Crippen LogP contribution is 2.26. The van der Waals surface area contributed by atoms with E-state index in [0.717, 1.165) is 18.7 Å². The SMILES string of the molecule is CS(=O)(=O)N1CCC(C(=O)Oc2ccc(N3CCCC3=O)cc2)CC1. The maximum Gasteiger partial charge on any atom is 0.314 e. The third-order valence-corrected chi connectivity index (χ3v) is 6.00. The molecule has 2 saturated heterocycles. The molecule has 1 aromatic carbocycles. The molecule has 136 valence electrons. The number of carbonyl (C=O) groups excluding carboxylic acids is 2. The molecule has 0 aromatic heterocycles. The van der Waals surface area contributed by atoms with E-state index in [-0.39, 0.29) is 17.8 Å². The van der Waals surface area contributed by atoms with Crippen molar-refractivity contribution in [2.24, 2.45) is 5.92 Å². The molecule has 8 heteroatoms. The van der Waals surface area contributed by atoms with Gasteiger partial charge in [-0.25, -0.2) is 12.7 Å². The lowest BCUT2D eigenvalue weighted by Gasteiger charge is -2.28.